The number of hydrogen-bond donors (Lipinski definition) is 1. The lowest BCUT2D eigenvalue weighted by Crippen LogP contribution is -2.64. The Kier molecular flexibility index (Phi) is 3.18. The molecule has 1 aliphatic carbocycles. The van der Waals surface area contributed by atoms with E-state index in [0.717, 1.165) is 25.6 Å². The van der Waals surface area contributed by atoms with E-state index < -0.39 is 0 Å². The van der Waals surface area contributed by atoms with E-state index >= 15 is 0 Å². The van der Waals surface area contributed by atoms with Crippen LogP contribution in [-0.4, -0.2) is 48.8 Å². The van der Waals surface area contributed by atoms with Crippen LogP contribution in [0.2, 0.25) is 0 Å². The fourth-order valence-electron chi connectivity index (χ4n) is 3.52. The van der Waals surface area contributed by atoms with Crippen LogP contribution in [0.3, 0.4) is 0 Å². The van der Waals surface area contributed by atoms with Gasteiger partial charge in [0.2, 0.25) is 0 Å². The molecule has 3 heteroatoms. The van der Waals surface area contributed by atoms with E-state index in [1.807, 2.05) is 0 Å². The summed E-state index contributed by atoms with van der Waals surface area (Å²) in [7, 11) is 0. The lowest BCUT2D eigenvalue weighted by molar-refractivity contribution is -0.00851. The van der Waals surface area contributed by atoms with Crippen molar-refractivity contribution in [1.29, 1.82) is 0 Å². The van der Waals surface area contributed by atoms with Gasteiger partial charge >= 0.3 is 0 Å². The summed E-state index contributed by atoms with van der Waals surface area (Å²) in [6, 6.07) is 0.628. The van der Waals surface area contributed by atoms with Crippen LogP contribution in [0.5, 0.6) is 0 Å². The van der Waals surface area contributed by atoms with Crippen LogP contribution < -0.4 is 5.32 Å². The van der Waals surface area contributed by atoms with Gasteiger partial charge in [-0.05, 0) is 45.4 Å². The van der Waals surface area contributed by atoms with Gasteiger partial charge in [0, 0.05) is 37.8 Å². The number of piperazine rings is 1. The highest BCUT2D eigenvalue weighted by molar-refractivity contribution is 5.04. The van der Waals surface area contributed by atoms with Crippen LogP contribution in [0.15, 0.2) is 0 Å². The van der Waals surface area contributed by atoms with Crippen molar-refractivity contribution in [3.63, 3.8) is 0 Å². The number of nitrogens with zero attached hydrogens (tertiary/aromatic N) is 1. The van der Waals surface area contributed by atoms with Gasteiger partial charge in [-0.3, -0.25) is 4.90 Å². The number of hydrogen-bond acceptors (Lipinski definition) is 3. The fraction of sp³-hybridized carbons (Fsp3) is 1.00. The van der Waals surface area contributed by atoms with Gasteiger partial charge in [0.25, 0.3) is 0 Å². The van der Waals surface area contributed by atoms with Gasteiger partial charge in [-0.2, -0.15) is 0 Å². The van der Waals surface area contributed by atoms with Gasteiger partial charge in [-0.15, -0.1) is 0 Å². The Morgan fingerprint density at radius 3 is 2.82 bits per heavy atom. The molecule has 3 unspecified atom stereocenters. The van der Waals surface area contributed by atoms with Gasteiger partial charge in [0.1, 0.15) is 0 Å². The highest BCUT2D eigenvalue weighted by Crippen LogP contribution is 2.44. The molecule has 2 aliphatic heterocycles. The molecule has 0 amide bonds. The van der Waals surface area contributed by atoms with Crippen LogP contribution in [0.1, 0.15) is 39.5 Å². The van der Waals surface area contributed by atoms with Crippen molar-refractivity contribution in [3.8, 4) is 0 Å². The standard InChI is InChI=1S/C14H26N2O/c1-11-8-16(9-13-4-3-7-17-13)14(2,10-15-11)12-5-6-12/h11-13,15H,3-10H2,1-2H3. The summed E-state index contributed by atoms with van der Waals surface area (Å²) in [6.07, 6.45) is 5.87. The van der Waals surface area contributed by atoms with E-state index in [9.17, 15) is 0 Å². The first-order chi connectivity index (χ1) is 8.18. The van der Waals surface area contributed by atoms with Crippen molar-refractivity contribution in [2.45, 2.75) is 57.2 Å². The lowest BCUT2D eigenvalue weighted by Gasteiger charge is -2.48. The second-order valence-corrected chi connectivity index (χ2v) is 6.45. The summed E-state index contributed by atoms with van der Waals surface area (Å²) in [6.45, 7) is 9.23. The van der Waals surface area contributed by atoms with Crippen LogP contribution in [0.4, 0.5) is 0 Å². The summed E-state index contributed by atoms with van der Waals surface area (Å²) in [5.74, 6) is 0.920. The van der Waals surface area contributed by atoms with Gasteiger partial charge in [0.15, 0.2) is 0 Å². The Morgan fingerprint density at radius 1 is 1.35 bits per heavy atom. The molecular formula is C14H26N2O. The van der Waals surface area contributed by atoms with E-state index in [2.05, 4.69) is 24.1 Å². The average Bonchev–Trinajstić information content (AvgIpc) is 3.05. The van der Waals surface area contributed by atoms with Crippen molar-refractivity contribution in [2.24, 2.45) is 5.92 Å². The van der Waals surface area contributed by atoms with Crippen LogP contribution in [-0.2, 0) is 4.74 Å². The lowest BCUT2D eigenvalue weighted by atomic mass is 9.89. The average molecular weight is 238 g/mol. The predicted molar refractivity (Wildman–Crippen MR) is 69.1 cm³/mol. The second-order valence-electron chi connectivity index (χ2n) is 6.45. The zero-order chi connectivity index (χ0) is 11.9. The van der Waals surface area contributed by atoms with Crippen LogP contribution >= 0.6 is 0 Å². The molecule has 3 atom stereocenters. The molecule has 0 aromatic rings. The molecule has 0 aromatic carbocycles. The molecule has 2 heterocycles. The Labute approximate surface area is 105 Å². The molecular weight excluding hydrogens is 212 g/mol. The molecule has 0 bridgehead atoms. The van der Waals surface area contributed by atoms with E-state index in [1.165, 1.54) is 32.2 Å². The molecule has 3 nitrogen and oxygen atoms in total. The second kappa shape index (κ2) is 4.52. The molecule has 3 rings (SSSR count). The maximum absolute atomic E-state index is 5.82. The molecule has 3 fully saturated rings. The highest BCUT2D eigenvalue weighted by Gasteiger charge is 2.48. The smallest absolute Gasteiger partial charge is 0.0703 e. The summed E-state index contributed by atoms with van der Waals surface area (Å²) >= 11 is 0. The Balaban J connectivity index is 1.67. The zero-order valence-electron chi connectivity index (χ0n) is 11.2. The molecule has 3 aliphatic rings. The molecule has 1 N–H and O–H groups in total. The van der Waals surface area contributed by atoms with Crippen molar-refractivity contribution in [3.05, 3.63) is 0 Å². The fourth-order valence-corrected chi connectivity index (χ4v) is 3.52. The molecule has 0 radical (unpaired) electrons. The van der Waals surface area contributed by atoms with Crippen molar-refractivity contribution in [2.75, 3.05) is 26.2 Å². The summed E-state index contributed by atoms with van der Waals surface area (Å²) < 4.78 is 5.82. The van der Waals surface area contributed by atoms with Crippen molar-refractivity contribution in [1.82, 2.24) is 10.2 Å². The third-order valence-corrected chi connectivity index (χ3v) is 4.93. The summed E-state index contributed by atoms with van der Waals surface area (Å²) in [5.41, 5.74) is 0.387. The Hall–Kier alpha value is -0.120. The zero-order valence-corrected chi connectivity index (χ0v) is 11.2. The van der Waals surface area contributed by atoms with Gasteiger partial charge in [0.05, 0.1) is 6.10 Å². The van der Waals surface area contributed by atoms with E-state index in [1.54, 1.807) is 0 Å². The van der Waals surface area contributed by atoms with Crippen molar-refractivity contribution < 1.29 is 4.74 Å². The maximum atomic E-state index is 5.82. The van der Waals surface area contributed by atoms with Crippen LogP contribution in [0, 0.1) is 5.92 Å². The highest BCUT2D eigenvalue weighted by atomic mass is 16.5. The molecule has 0 spiro atoms. The maximum Gasteiger partial charge on any atom is 0.0703 e. The third-order valence-electron chi connectivity index (χ3n) is 4.93. The first kappa shape index (κ1) is 11.9. The molecule has 17 heavy (non-hydrogen) atoms. The minimum atomic E-state index is 0.387. The first-order valence-corrected chi connectivity index (χ1v) is 7.28. The molecule has 98 valence electrons. The van der Waals surface area contributed by atoms with Gasteiger partial charge in [-0.25, -0.2) is 0 Å². The van der Waals surface area contributed by atoms with Gasteiger partial charge in [-0.1, -0.05) is 0 Å². The monoisotopic (exact) mass is 238 g/mol. The first-order valence-electron chi connectivity index (χ1n) is 7.28. The molecule has 0 aromatic heterocycles. The van der Waals surface area contributed by atoms with E-state index in [-0.39, 0.29) is 0 Å². The van der Waals surface area contributed by atoms with E-state index in [0.29, 0.717) is 17.7 Å². The minimum Gasteiger partial charge on any atom is -0.377 e. The SMILES string of the molecule is CC1CN(CC2CCCO2)C(C)(C2CC2)CN1. The van der Waals surface area contributed by atoms with Gasteiger partial charge < -0.3 is 10.1 Å². The van der Waals surface area contributed by atoms with Crippen LogP contribution in [0.25, 0.3) is 0 Å². The summed E-state index contributed by atoms with van der Waals surface area (Å²) in [5, 5.41) is 3.67. The largest absolute Gasteiger partial charge is 0.377 e. The third kappa shape index (κ3) is 2.38. The number of nitrogens with one attached hydrogen (secondary N) is 1. The molecule has 2 saturated heterocycles. The number of ether oxygens (including phenoxy) is 1. The Bertz CT molecular complexity index is 273. The van der Waals surface area contributed by atoms with E-state index in [4.69, 9.17) is 4.74 Å². The quantitative estimate of drug-likeness (QED) is 0.809. The number of rotatable bonds is 3. The summed E-state index contributed by atoms with van der Waals surface area (Å²) in [4.78, 5) is 2.72. The predicted octanol–water partition coefficient (Wildman–Crippen LogP) is 1.63. The minimum absolute atomic E-state index is 0.387. The van der Waals surface area contributed by atoms with Crippen molar-refractivity contribution >= 4 is 0 Å². The molecule has 1 saturated carbocycles. The normalized spacial score (nSPS) is 44.1. The topological polar surface area (TPSA) is 24.5 Å². The Morgan fingerprint density at radius 2 is 2.18 bits per heavy atom.